The van der Waals surface area contributed by atoms with Crippen LogP contribution in [0.3, 0.4) is 0 Å². The number of rotatable bonds is 4. The molecule has 1 aliphatic heterocycles. The molecule has 0 spiro atoms. The molecule has 76 valence electrons. The van der Waals surface area contributed by atoms with E-state index in [9.17, 15) is 0 Å². The average molecular weight is 211 g/mol. The van der Waals surface area contributed by atoms with Gasteiger partial charge in [0.05, 0.1) is 36.6 Å². The molecule has 1 aromatic heterocycles. The molecule has 14 heavy (non-hydrogen) atoms. The lowest BCUT2D eigenvalue weighted by Gasteiger charge is -2.24. The summed E-state index contributed by atoms with van der Waals surface area (Å²) < 4.78 is 5.09. The lowest BCUT2D eigenvalue weighted by atomic mass is 10.4. The predicted molar refractivity (Wildman–Crippen MR) is 57.5 cm³/mol. The predicted octanol–water partition coefficient (Wildman–Crippen LogP) is 1.15. The molecule has 2 rings (SSSR count). The highest BCUT2D eigenvalue weighted by molar-refractivity contribution is 7.99. The van der Waals surface area contributed by atoms with Gasteiger partial charge in [0.25, 0.3) is 0 Å². The minimum atomic E-state index is 0.653. The number of nitrogens with zero attached hydrogens (tertiary/aromatic N) is 2. The summed E-state index contributed by atoms with van der Waals surface area (Å²) in [4.78, 5) is 8.49. The highest BCUT2D eigenvalue weighted by Gasteiger charge is 2.18. The van der Waals surface area contributed by atoms with E-state index >= 15 is 0 Å². The van der Waals surface area contributed by atoms with Crippen LogP contribution in [0.2, 0.25) is 0 Å². The second kappa shape index (κ2) is 4.61. The molecule has 1 fully saturated rings. The van der Waals surface area contributed by atoms with E-state index in [-0.39, 0.29) is 0 Å². The Balaban J connectivity index is 1.83. The van der Waals surface area contributed by atoms with Crippen molar-refractivity contribution in [1.82, 2.24) is 9.97 Å². The Hall–Kier alpha value is -0.810. The fourth-order valence-electron chi connectivity index (χ4n) is 1.07. The molecule has 0 atom stereocenters. The molecule has 5 heteroatoms. The Bertz CT molecular complexity index is 287. The first-order valence-electron chi connectivity index (χ1n) is 4.56. The first-order chi connectivity index (χ1) is 6.88. The summed E-state index contributed by atoms with van der Waals surface area (Å²) in [6.45, 7) is 1.76. The van der Waals surface area contributed by atoms with E-state index in [1.54, 1.807) is 6.20 Å². The minimum absolute atomic E-state index is 0.653. The van der Waals surface area contributed by atoms with Crippen molar-refractivity contribution in [2.24, 2.45) is 0 Å². The number of thioether (sulfide) groups is 1. The smallest absolute Gasteiger partial charge is 0.144 e. The summed E-state index contributed by atoms with van der Waals surface area (Å²) in [5, 5.41) is 3.59. The topological polar surface area (TPSA) is 47.0 Å². The summed E-state index contributed by atoms with van der Waals surface area (Å²) in [5.41, 5.74) is 1.03. The van der Waals surface area contributed by atoms with Crippen molar-refractivity contribution >= 4 is 17.6 Å². The molecule has 0 aromatic carbocycles. The molecule has 0 amide bonds. The van der Waals surface area contributed by atoms with Crippen LogP contribution in [0.4, 0.5) is 5.82 Å². The zero-order valence-electron chi connectivity index (χ0n) is 8.06. The van der Waals surface area contributed by atoms with Crippen LogP contribution in [0.1, 0.15) is 5.69 Å². The molecule has 0 radical (unpaired) electrons. The Morgan fingerprint density at radius 3 is 2.86 bits per heavy atom. The average Bonchev–Trinajstić information content (AvgIpc) is 2.16. The van der Waals surface area contributed by atoms with E-state index in [0.717, 1.165) is 30.5 Å². The molecule has 0 saturated carbocycles. The van der Waals surface area contributed by atoms with Gasteiger partial charge in [0, 0.05) is 12.8 Å². The van der Waals surface area contributed by atoms with Crippen LogP contribution in [-0.2, 0) is 10.5 Å². The van der Waals surface area contributed by atoms with Crippen molar-refractivity contribution in [3.8, 4) is 0 Å². The van der Waals surface area contributed by atoms with E-state index in [4.69, 9.17) is 4.74 Å². The third-order valence-corrected chi connectivity index (χ3v) is 3.24. The minimum Gasteiger partial charge on any atom is -0.379 e. The third kappa shape index (κ3) is 2.36. The van der Waals surface area contributed by atoms with Crippen molar-refractivity contribution < 1.29 is 4.74 Å². The van der Waals surface area contributed by atoms with E-state index in [1.807, 2.05) is 25.0 Å². The van der Waals surface area contributed by atoms with Crippen LogP contribution in [-0.4, -0.2) is 35.5 Å². The standard InChI is InChI=1S/C9H13N3OS/c1-10-9-3-11-7(2-12-9)6-14-8-4-13-5-8/h2-3,8H,4-6H2,1H3,(H,10,12). The number of ether oxygens (including phenoxy) is 1. The summed E-state index contributed by atoms with van der Waals surface area (Å²) >= 11 is 1.88. The fourth-order valence-corrected chi connectivity index (χ4v) is 2.01. The van der Waals surface area contributed by atoms with Gasteiger partial charge in [-0.15, -0.1) is 11.8 Å². The van der Waals surface area contributed by atoms with E-state index in [2.05, 4.69) is 15.3 Å². The van der Waals surface area contributed by atoms with Gasteiger partial charge in [-0.05, 0) is 0 Å². The molecular formula is C9H13N3OS. The van der Waals surface area contributed by atoms with Crippen molar-refractivity contribution in [1.29, 1.82) is 0 Å². The van der Waals surface area contributed by atoms with Gasteiger partial charge in [0.2, 0.25) is 0 Å². The lowest BCUT2D eigenvalue weighted by Crippen LogP contribution is -2.30. The monoisotopic (exact) mass is 211 g/mol. The zero-order valence-corrected chi connectivity index (χ0v) is 8.88. The molecule has 0 bridgehead atoms. The van der Waals surface area contributed by atoms with Gasteiger partial charge in [0.1, 0.15) is 5.82 Å². The Morgan fingerprint density at radius 1 is 1.50 bits per heavy atom. The lowest BCUT2D eigenvalue weighted by molar-refractivity contribution is 0.0455. The normalized spacial score (nSPS) is 16.4. The molecule has 1 aliphatic rings. The van der Waals surface area contributed by atoms with Gasteiger partial charge in [-0.25, -0.2) is 4.98 Å². The summed E-state index contributed by atoms with van der Waals surface area (Å²) in [7, 11) is 1.84. The first-order valence-corrected chi connectivity index (χ1v) is 5.61. The van der Waals surface area contributed by atoms with Crippen molar-refractivity contribution in [2.75, 3.05) is 25.6 Å². The van der Waals surface area contributed by atoms with Crippen LogP contribution in [0, 0.1) is 0 Å². The van der Waals surface area contributed by atoms with Crippen molar-refractivity contribution in [2.45, 2.75) is 11.0 Å². The number of anilines is 1. The SMILES string of the molecule is CNc1cnc(CSC2COC2)cn1. The Labute approximate surface area is 87.5 Å². The maximum absolute atomic E-state index is 5.09. The summed E-state index contributed by atoms with van der Waals surface area (Å²) in [6, 6.07) is 0. The van der Waals surface area contributed by atoms with Crippen molar-refractivity contribution in [3.05, 3.63) is 18.1 Å². The highest BCUT2D eigenvalue weighted by Crippen LogP contribution is 2.22. The zero-order chi connectivity index (χ0) is 9.80. The van der Waals surface area contributed by atoms with E-state index < -0.39 is 0 Å². The van der Waals surface area contributed by atoms with Gasteiger partial charge in [-0.2, -0.15) is 0 Å². The number of hydrogen-bond donors (Lipinski definition) is 1. The van der Waals surface area contributed by atoms with Crippen LogP contribution < -0.4 is 5.32 Å². The number of nitrogens with one attached hydrogen (secondary N) is 1. The van der Waals surface area contributed by atoms with Crippen LogP contribution in [0.25, 0.3) is 0 Å². The van der Waals surface area contributed by atoms with Crippen LogP contribution >= 0.6 is 11.8 Å². The molecule has 4 nitrogen and oxygen atoms in total. The van der Waals surface area contributed by atoms with Crippen LogP contribution in [0.5, 0.6) is 0 Å². The largest absolute Gasteiger partial charge is 0.379 e. The van der Waals surface area contributed by atoms with Gasteiger partial charge in [0.15, 0.2) is 0 Å². The van der Waals surface area contributed by atoms with Gasteiger partial charge in [-0.3, -0.25) is 4.98 Å². The molecule has 0 aliphatic carbocycles. The number of aromatic nitrogens is 2. The second-order valence-corrected chi connectivity index (χ2v) is 4.40. The van der Waals surface area contributed by atoms with E-state index in [0.29, 0.717) is 5.25 Å². The second-order valence-electron chi connectivity index (χ2n) is 3.11. The summed E-state index contributed by atoms with van der Waals surface area (Å²) in [5.74, 6) is 1.73. The maximum atomic E-state index is 5.09. The Kier molecular flexibility index (Phi) is 3.21. The Morgan fingerprint density at radius 2 is 2.36 bits per heavy atom. The van der Waals surface area contributed by atoms with E-state index in [1.165, 1.54) is 0 Å². The van der Waals surface area contributed by atoms with Gasteiger partial charge < -0.3 is 10.1 Å². The third-order valence-electron chi connectivity index (χ3n) is 2.04. The quantitative estimate of drug-likeness (QED) is 0.809. The first kappa shape index (κ1) is 9.73. The van der Waals surface area contributed by atoms with Crippen LogP contribution in [0.15, 0.2) is 12.4 Å². The molecule has 1 N–H and O–H groups in total. The number of hydrogen-bond acceptors (Lipinski definition) is 5. The molecule has 2 heterocycles. The summed E-state index contributed by atoms with van der Waals surface area (Å²) in [6.07, 6.45) is 3.57. The van der Waals surface area contributed by atoms with Gasteiger partial charge in [-0.1, -0.05) is 0 Å². The van der Waals surface area contributed by atoms with Gasteiger partial charge >= 0.3 is 0 Å². The molecule has 0 unspecified atom stereocenters. The van der Waals surface area contributed by atoms with Crippen molar-refractivity contribution in [3.63, 3.8) is 0 Å². The molecular weight excluding hydrogens is 198 g/mol. The highest BCUT2D eigenvalue weighted by atomic mass is 32.2. The maximum Gasteiger partial charge on any atom is 0.144 e. The fraction of sp³-hybridized carbons (Fsp3) is 0.556. The molecule has 1 saturated heterocycles. The molecule has 1 aromatic rings.